The van der Waals surface area contributed by atoms with Crippen molar-refractivity contribution in [2.75, 3.05) is 44.2 Å². The largest absolute Gasteiger partial charge is 0.378 e. The lowest BCUT2D eigenvalue weighted by Gasteiger charge is -2.38. The second-order valence-corrected chi connectivity index (χ2v) is 7.23. The lowest BCUT2D eigenvalue weighted by Crippen LogP contribution is -2.49. The summed E-state index contributed by atoms with van der Waals surface area (Å²) in [5, 5.41) is 20.8. The van der Waals surface area contributed by atoms with Crippen molar-refractivity contribution in [2.45, 2.75) is 38.1 Å². The third kappa shape index (κ3) is 5.71. The standard InChI is InChI=1S/C18H28ClN3O2.ClH/c19-15-4-1-5-16(14-15)21-12-10-20(11-13-21)8-3-9-22-17(23)6-2-7-18(22)24;/h1,4-5,14,17-18,23-24H,2-3,6-13H2;1H. The average molecular weight is 390 g/mol. The molecular formula is C18H29Cl2N3O2. The van der Waals surface area contributed by atoms with Crippen molar-refractivity contribution in [3.8, 4) is 0 Å². The van der Waals surface area contributed by atoms with Gasteiger partial charge in [-0.2, -0.15) is 0 Å². The van der Waals surface area contributed by atoms with Crippen LogP contribution in [0, 0.1) is 0 Å². The number of piperidine rings is 1. The van der Waals surface area contributed by atoms with Gasteiger partial charge in [-0.15, -0.1) is 12.4 Å². The van der Waals surface area contributed by atoms with Gasteiger partial charge in [0.25, 0.3) is 0 Å². The maximum Gasteiger partial charge on any atom is 0.109 e. The smallest absolute Gasteiger partial charge is 0.109 e. The van der Waals surface area contributed by atoms with E-state index in [0.717, 1.165) is 70.0 Å². The highest BCUT2D eigenvalue weighted by Gasteiger charge is 2.27. The number of hydrogen-bond acceptors (Lipinski definition) is 5. The van der Waals surface area contributed by atoms with E-state index in [1.165, 1.54) is 5.69 Å². The summed E-state index contributed by atoms with van der Waals surface area (Å²) >= 11 is 6.08. The summed E-state index contributed by atoms with van der Waals surface area (Å²) < 4.78 is 0. The van der Waals surface area contributed by atoms with Gasteiger partial charge in [0.15, 0.2) is 0 Å². The molecule has 2 unspecified atom stereocenters. The highest BCUT2D eigenvalue weighted by atomic mass is 35.5. The van der Waals surface area contributed by atoms with Crippen molar-refractivity contribution >= 4 is 29.7 Å². The summed E-state index contributed by atoms with van der Waals surface area (Å²) in [7, 11) is 0. The number of hydrogen-bond donors (Lipinski definition) is 2. The quantitative estimate of drug-likeness (QED) is 0.809. The van der Waals surface area contributed by atoms with E-state index in [1.807, 2.05) is 23.1 Å². The van der Waals surface area contributed by atoms with Crippen LogP contribution in [0.15, 0.2) is 24.3 Å². The summed E-state index contributed by atoms with van der Waals surface area (Å²) in [6, 6.07) is 8.04. The SMILES string of the molecule is Cl.OC1CCCC(O)N1CCCN1CCN(c2cccc(Cl)c2)CC1. The molecular weight excluding hydrogens is 361 g/mol. The van der Waals surface area contributed by atoms with Crippen LogP contribution in [-0.2, 0) is 0 Å². The van der Waals surface area contributed by atoms with Crippen LogP contribution in [0.25, 0.3) is 0 Å². The Morgan fingerprint density at radius 2 is 1.68 bits per heavy atom. The van der Waals surface area contributed by atoms with Gasteiger partial charge in [-0.05, 0) is 50.4 Å². The highest BCUT2D eigenvalue weighted by Crippen LogP contribution is 2.22. The van der Waals surface area contributed by atoms with Gasteiger partial charge in [0.2, 0.25) is 0 Å². The van der Waals surface area contributed by atoms with Crippen LogP contribution in [0.4, 0.5) is 5.69 Å². The zero-order valence-corrected chi connectivity index (χ0v) is 16.1. The van der Waals surface area contributed by atoms with Crippen LogP contribution in [0.1, 0.15) is 25.7 Å². The molecule has 0 aromatic heterocycles. The normalized spacial score (nSPS) is 25.6. The average Bonchev–Trinajstić information content (AvgIpc) is 2.58. The van der Waals surface area contributed by atoms with E-state index in [4.69, 9.17) is 11.6 Å². The van der Waals surface area contributed by atoms with Crippen LogP contribution in [0.2, 0.25) is 5.02 Å². The monoisotopic (exact) mass is 389 g/mol. The molecule has 0 aliphatic carbocycles. The third-order valence-electron chi connectivity index (χ3n) is 5.13. The summed E-state index contributed by atoms with van der Waals surface area (Å²) in [5.41, 5.74) is 1.20. The second-order valence-electron chi connectivity index (χ2n) is 6.79. The topological polar surface area (TPSA) is 50.2 Å². The molecule has 5 nitrogen and oxygen atoms in total. The Morgan fingerprint density at radius 1 is 1.00 bits per heavy atom. The van der Waals surface area contributed by atoms with Crippen molar-refractivity contribution in [1.29, 1.82) is 0 Å². The molecule has 7 heteroatoms. The van der Waals surface area contributed by atoms with Crippen molar-refractivity contribution in [2.24, 2.45) is 0 Å². The summed E-state index contributed by atoms with van der Waals surface area (Å²) in [6.45, 7) is 5.87. The fourth-order valence-electron chi connectivity index (χ4n) is 3.69. The van der Waals surface area contributed by atoms with Gasteiger partial charge in [-0.25, -0.2) is 0 Å². The molecule has 3 rings (SSSR count). The number of rotatable bonds is 5. The number of halogens is 2. The number of aliphatic hydroxyl groups excluding tert-OH is 2. The highest BCUT2D eigenvalue weighted by molar-refractivity contribution is 6.30. The molecule has 1 aromatic rings. The van der Waals surface area contributed by atoms with Gasteiger partial charge in [0, 0.05) is 43.4 Å². The number of anilines is 1. The molecule has 0 radical (unpaired) electrons. The minimum Gasteiger partial charge on any atom is -0.378 e. The summed E-state index contributed by atoms with van der Waals surface area (Å²) in [5.74, 6) is 0. The van der Waals surface area contributed by atoms with Gasteiger partial charge in [-0.3, -0.25) is 9.80 Å². The Labute approximate surface area is 161 Å². The van der Waals surface area contributed by atoms with Crippen molar-refractivity contribution in [3.05, 3.63) is 29.3 Å². The summed E-state index contributed by atoms with van der Waals surface area (Å²) in [4.78, 5) is 6.68. The van der Waals surface area contributed by atoms with Crippen LogP contribution in [0.5, 0.6) is 0 Å². The molecule has 2 fully saturated rings. The zero-order valence-electron chi connectivity index (χ0n) is 14.6. The van der Waals surface area contributed by atoms with Gasteiger partial charge >= 0.3 is 0 Å². The van der Waals surface area contributed by atoms with Crippen LogP contribution >= 0.6 is 24.0 Å². The molecule has 0 spiro atoms. The Morgan fingerprint density at radius 3 is 2.32 bits per heavy atom. The zero-order chi connectivity index (χ0) is 16.9. The molecule has 2 aliphatic rings. The van der Waals surface area contributed by atoms with E-state index in [0.29, 0.717) is 0 Å². The molecule has 2 aliphatic heterocycles. The molecule has 2 saturated heterocycles. The van der Waals surface area contributed by atoms with Gasteiger partial charge in [0.1, 0.15) is 12.5 Å². The second kappa shape index (κ2) is 9.95. The van der Waals surface area contributed by atoms with E-state index in [2.05, 4.69) is 15.9 Å². The van der Waals surface area contributed by atoms with E-state index in [9.17, 15) is 10.2 Å². The summed E-state index contributed by atoms with van der Waals surface area (Å²) in [6.07, 6.45) is 2.47. The Bertz CT molecular complexity index is 517. The van der Waals surface area contributed by atoms with Crippen LogP contribution < -0.4 is 4.90 Å². The Balaban J connectivity index is 0.00000225. The predicted octanol–water partition coefficient (Wildman–Crippen LogP) is 2.40. The molecule has 1 aromatic carbocycles. The van der Waals surface area contributed by atoms with Gasteiger partial charge in [0.05, 0.1) is 0 Å². The first-order chi connectivity index (χ1) is 11.6. The van der Waals surface area contributed by atoms with Crippen molar-refractivity contribution in [1.82, 2.24) is 9.80 Å². The molecule has 142 valence electrons. The number of piperazine rings is 1. The van der Waals surface area contributed by atoms with Gasteiger partial charge in [-0.1, -0.05) is 17.7 Å². The van der Waals surface area contributed by atoms with Crippen LogP contribution in [-0.4, -0.2) is 71.7 Å². The molecule has 0 amide bonds. The lowest BCUT2D eigenvalue weighted by atomic mass is 10.1. The molecule has 0 saturated carbocycles. The predicted molar refractivity (Wildman–Crippen MR) is 105 cm³/mol. The first kappa shape index (κ1) is 20.7. The first-order valence-corrected chi connectivity index (χ1v) is 9.36. The molecule has 25 heavy (non-hydrogen) atoms. The Kier molecular flexibility index (Phi) is 8.26. The minimum absolute atomic E-state index is 0. The minimum atomic E-state index is -0.478. The van der Waals surface area contributed by atoms with E-state index < -0.39 is 12.5 Å². The van der Waals surface area contributed by atoms with E-state index in [-0.39, 0.29) is 12.4 Å². The molecule has 0 bridgehead atoms. The molecule has 2 atom stereocenters. The number of aliphatic hydroxyl groups is 2. The van der Waals surface area contributed by atoms with E-state index >= 15 is 0 Å². The number of likely N-dealkylation sites (tertiary alicyclic amines) is 1. The van der Waals surface area contributed by atoms with Crippen molar-refractivity contribution in [3.63, 3.8) is 0 Å². The fraction of sp³-hybridized carbons (Fsp3) is 0.667. The maximum atomic E-state index is 9.99. The van der Waals surface area contributed by atoms with Crippen LogP contribution in [0.3, 0.4) is 0 Å². The lowest BCUT2D eigenvalue weighted by molar-refractivity contribution is -0.131. The number of benzene rings is 1. The molecule has 2 N–H and O–H groups in total. The Hall–Kier alpha value is -0.560. The van der Waals surface area contributed by atoms with Crippen molar-refractivity contribution < 1.29 is 10.2 Å². The van der Waals surface area contributed by atoms with Gasteiger partial charge < -0.3 is 15.1 Å². The molecule has 2 heterocycles. The first-order valence-electron chi connectivity index (χ1n) is 8.98. The fourth-order valence-corrected chi connectivity index (χ4v) is 3.88. The number of nitrogens with zero attached hydrogens (tertiary/aromatic N) is 3. The third-order valence-corrected chi connectivity index (χ3v) is 5.36. The maximum absolute atomic E-state index is 9.99. The van der Waals surface area contributed by atoms with E-state index in [1.54, 1.807) is 0 Å².